The highest BCUT2D eigenvalue weighted by Gasteiger charge is 2.26. The Morgan fingerprint density at radius 3 is 2.64 bits per heavy atom. The number of benzene rings is 2. The minimum absolute atomic E-state index is 0.307. The van der Waals surface area contributed by atoms with Crippen LogP contribution in [0, 0.1) is 0 Å². The van der Waals surface area contributed by atoms with Gasteiger partial charge in [-0.1, -0.05) is 42.5 Å². The maximum atomic E-state index is 13.7. The van der Waals surface area contributed by atoms with Gasteiger partial charge in [-0.3, -0.25) is 9.69 Å². The first-order valence-corrected chi connectivity index (χ1v) is 11.5. The van der Waals surface area contributed by atoms with Gasteiger partial charge in [0, 0.05) is 5.56 Å². The lowest BCUT2D eigenvalue weighted by Crippen LogP contribution is -2.25. The lowest BCUT2D eigenvalue weighted by molar-refractivity contribution is 0.102. The van der Waals surface area contributed by atoms with E-state index in [1.165, 1.54) is 4.90 Å². The van der Waals surface area contributed by atoms with Crippen molar-refractivity contribution in [1.29, 1.82) is 0 Å². The molecule has 0 unspecified atom stereocenters. The van der Waals surface area contributed by atoms with Gasteiger partial charge < -0.3 is 14.5 Å². The van der Waals surface area contributed by atoms with Crippen LogP contribution in [0.25, 0.3) is 22.3 Å². The molecule has 0 spiro atoms. The number of nitrogens with one attached hydrogen (secondary N) is 1. The predicted octanol–water partition coefficient (Wildman–Crippen LogP) is 4.95. The molecule has 4 heterocycles. The molecule has 0 aliphatic carbocycles. The van der Waals surface area contributed by atoms with Gasteiger partial charge >= 0.3 is 6.09 Å². The summed E-state index contributed by atoms with van der Waals surface area (Å²) in [7, 11) is 0. The van der Waals surface area contributed by atoms with Crippen LogP contribution < -0.4 is 10.2 Å². The standard InChI is InChI=1S/C27H21N5O4/c33-26(30-22-10-4-5-11-24(22)31-12-14-36-27(31)34)20-15-23(18-7-2-1-3-8-18)29-25-21(20)16-28-32(25)17-19-9-6-13-35-19/h1-11,13,15-16H,12,14,17H2,(H,30,33). The Morgan fingerprint density at radius 1 is 1.03 bits per heavy atom. The highest BCUT2D eigenvalue weighted by atomic mass is 16.6. The molecule has 2 amide bonds. The third kappa shape index (κ3) is 3.96. The second kappa shape index (κ2) is 9.03. The van der Waals surface area contributed by atoms with E-state index in [9.17, 15) is 9.59 Å². The Labute approximate surface area is 205 Å². The summed E-state index contributed by atoms with van der Waals surface area (Å²) < 4.78 is 12.3. The highest BCUT2D eigenvalue weighted by Crippen LogP contribution is 2.30. The largest absolute Gasteiger partial charge is 0.467 e. The second-order valence-corrected chi connectivity index (χ2v) is 8.28. The summed E-state index contributed by atoms with van der Waals surface area (Å²) in [5.74, 6) is 0.390. The number of amides is 2. The summed E-state index contributed by atoms with van der Waals surface area (Å²) in [6.45, 7) is 1.10. The first-order valence-electron chi connectivity index (χ1n) is 11.5. The number of carbonyl (C=O) groups excluding carboxylic acids is 2. The number of furan rings is 1. The summed E-state index contributed by atoms with van der Waals surface area (Å²) in [4.78, 5) is 32.2. The SMILES string of the molecule is O=C(Nc1ccccc1N1CCOC1=O)c1cc(-c2ccccc2)nc2c1cnn2Cc1ccco1. The van der Waals surface area contributed by atoms with Gasteiger partial charge in [-0.15, -0.1) is 0 Å². The number of fused-ring (bicyclic) bond motifs is 1. The molecule has 36 heavy (non-hydrogen) atoms. The Hall–Kier alpha value is -4.92. The molecular formula is C27H21N5O4. The average Bonchev–Trinajstić information content (AvgIpc) is 3.67. The fourth-order valence-corrected chi connectivity index (χ4v) is 4.27. The first-order chi connectivity index (χ1) is 17.7. The van der Waals surface area contributed by atoms with Gasteiger partial charge in [0.25, 0.3) is 5.91 Å². The molecule has 1 aliphatic heterocycles. The molecule has 9 nitrogen and oxygen atoms in total. The molecule has 1 fully saturated rings. The molecule has 6 rings (SSSR count). The van der Waals surface area contributed by atoms with Gasteiger partial charge in [-0.25, -0.2) is 14.5 Å². The van der Waals surface area contributed by atoms with Gasteiger partial charge in [0.1, 0.15) is 18.9 Å². The lowest BCUT2D eigenvalue weighted by atomic mass is 10.1. The van der Waals surface area contributed by atoms with Crippen LogP contribution in [0.1, 0.15) is 16.1 Å². The lowest BCUT2D eigenvalue weighted by Gasteiger charge is -2.18. The number of carbonyl (C=O) groups is 2. The second-order valence-electron chi connectivity index (χ2n) is 8.28. The fourth-order valence-electron chi connectivity index (χ4n) is 4.27. The van der Waals surface area contributed by atoms with Gasteiger partial charge in [0.05, 0.1) is 47.0 Å². The average molecular weight is 479 g/mol. The molecule has 1 N–H and O–H groups in total. The van der Waals surface area contributed by atoms with Gasteiger partial charge in [-0.2, -0.15) is 5.10 Å². The first kappa shape index (κ1) is 21.6. The van der Waals surface area contributed by atoms with E-state index in [1.807, 2.05) is 48.5 Å². The van der Waals surface area contributed by atoms with E-state index in [1.54, 1.807) is 41.4 Å². The number of aromatic nitrogens is 3. The van der Waals surface area contributed by atoms with E-state index in [2.05, 4.69) is 10.4 Å². The highest BCUT2D eigenvalue weighted by molar-refractivity contribution is 6.14. The van der Waals surface area contributed by atoms with E-state index in [4.69, 9.17) is 14.1 Å². The zero-order valence-electron chi connectivity index (χ0n) is 19.1. The van der Waals surface area contributed by atoms with Crippen LogP contribution in [0.5, 0.6) is 0 Å². The maximum absolute atomic E-state index is 13.7. The summed E-state index contributed by atoms with van der Waals surface area (Å²) in [6.07, 6.45) is 2.81. The quantitative estimate of drug-likeness (QED) is 0.370. The van der Waals surface area contributed by atoms with Gasteiger partial charge in [0.2, 0.25) is 0 Å². The Kier molecular flexibility index (Phi) is 5.42. The molecule has 0 saturated carbocycles. The number of para-hydroxylation sites is 2. The molecule has 0 atom stereocenters. The molecule has 2 aromatic carbocycles. The monoisotopic (exact) mass is 479 g/mol. The molecule has 178 valence electrons. The number of ether oxygens (including phenoxy) is 1. The molecule has 0 radical (unpaired) electrons. The summed E-state index contributed by atoms with van der Waals surface area (Å²) in [5, 5.41) is 8.08. The van der Waals surface area contributed by atoms with Gasteiger partial charge in [0.15, 0.2) is 5.65 Å². The maximum Gasteiger partial charge on any atom is 0.414 e. The molecular weight excluding hydrogens is 458 g/mol. The zero-order valence-corrected chi connectivity index (χ0v) is 19.1. The van der Waals surface area contributed by atoms with Crippen LogP contribution in [-0.4, -0.2) is 39.9 Å². The van der Waals surface area contributed by atoms with Gasteiger partial charge in [-0.05, 0) is 30.3 Å². The van der Waals surface area contributed by atoms with Crippen LogP contribution in [0.3, 0.4) is 0 Å². The minimum Gasteiger partial charge on any atom is -0.467 e. The van der Waals surface area contributed by atoms with Crippen molar-refractivity contribution in [3.05, 3.63) is 96.6 Å². The number of rotatable bonds is 6. The van der Waals surface area contributed by atoms with Crippen molar-refractivity contribution in [2.24, 2.45) is 0 Å². The van der Waals surface area contributed by atoms with Crippen LogP contribution in [0.2, 0.25) is 0 Å². The third-order valence-electron chi connectivity index (χ3n) is 6.01. The topological polar surface area (TPSA) is 102 Å². The van der Waals surface area contributed by atoms with Crippen molar-refractivity contribution in [1.82, 2.24) is 14.8 Å². The van der Waals surface area contributed by atoms with E-state index in [-0.39, 0.29) is 5.91 Å². The number of hydrogen-bond donors (Lipinski definition) is 1. The minimum atomic E-state index is -0.437. The van der Waals surface area contributed by atoms with E-state index >= 15 is 0 Å². The Balaban J connectivity index is 1.42. The van der Waals surface area contributed by atoms with E-state index < -0.39 is 6.09 Å². The molecule has 5 aromatic rings. The number of anilines is 2. The number of pyridine rings is 1. The van der Waals surface area contributed by atoms with Crippen molar-refractivity contribution in [2.75, 3.05) is 23.4 Å². The third-order valence-corrected chi connectivity index (χ3v) is 6.01. The van der Waals surface area contributed by atoms with Crippen molar-refractivity contribution >= 4 is 34.4 Å². The molecule has 9 heteroatoms. The Bertz CT molecular complexity index is 1560. The number of nitrogens with zero attached hydrogens (tertiary/aromatic N) is 4. The molecule has 0 bridgehead atoms. The van der Waals surface area contributed by atoms with Crippen LogP contribution in [0.15, 0.2) is 89.7 Å². The molecule has 1 saturated heterocycles. The van der Waals surface area contributed by atoms with Crippen molar-refractivity contribution in [3.63, 3.8) is 0 Å². The predicted molar refractivity (Wildman–Crippen MR) is 134 cm³/mol. The summed E-state index contributed by atoms with van der Waals surface area (Å²) in [5.41, 5.74) is 3.59. The normalized spacial score (nSPS) is 13.2. The Morgan fingerprint density at radius 2 is 1.86 bits per heavy atom. The summed E-state index contributed by atoms with van der Waals surface area (Å²) >= 11 is 0. The zero-order chi connectivity index (χ0) is 24.5. The van der Waals surface area contributed by atoms with Crippen LogP contribution in [0.4, 0.5) is 16.2 Å². The summed E-state index contributed by atoms with van der Waals surface area (Å²) in [6, 6.07) is 22.3. The number of hydrogen-bond acceptors (Lipinski definition) is 6. The van der Waals surface area contributed by atoms with Crippen molar-refractivity contribution in [3.8, 4) is 11.3 Å². The van der Waals surface area contributed by atoms with Crippen LogP contribution >= 0.6 is 0 Å². The molecule has 1 aliphatic rings. The fraction of sp³-hybridized carbons (Fsp3) is 0.111. The number of cyclic esters (lactones) is 1. The smallest absolute Gasteiger partial charge is 0.414 e. The van der Waals surface area contributed by atoms with Crippen LogP contribution in [-0.2, 0) is 11.3 Å². The van der Waals surface area contributed by atoms with Crippen molar-refractivity contribution in [2.45, 2.75) is 6.54 Å². The van der Waals surface area contributed by atoms with Crippen molar-refractivity contribution < 1.29 is 18.7 Å². The van der Waals surface area contributed by atoms with E-state index in [0.29, 0.717) is 53.4 Å². The van der Waals surface area contributed by atoms with E-state index in [0.717, 1.165) is 11.3 Å². The molecule has 3 aromatic heterocycles.